The lowest BCUT2D eigenvalue weighted by Crippen LogP contribution is -2.37. The molecule has 108 valence electrons. The third kappa shape index (κ3) is 5.52. The van der Waals surface area contributed by atoms with Gasteiger partial charge in [0.25, 0.3) is 0 Å². The second kappa shape index (κ2) is 7.78. The van der Waals surface area contributed by atoms with Crippen molar-refractivity contribution >= 4 is 23.3 Å². The average molecular weight is 294 g/mol. The maximum Gasteiger partial charge on any atom is 0.322 e. The van der Waals surface area contributed by atoms with Gasteiger partial charge in [-0.1, -0.05) is 29.5 Å². The Labute approximate surface area is 125 Å². The van der Waals surface area contributed by atoms with Gasteiger partial charge in [-0.25, -0.2) is 4.79 Å². The fourth-order valence-corrected chi connectivity index (χ4v) is 1.59. The number of carbonyl (C=O) groups excluding carboxylic acids is 1. The molecule has 1 unspecified atom stereocenters. The molecule has 5 heteroatoms. The predicted octanol–water partition coefficient (Wildman–Crippen LogP) is 2.76. The minimum atomic E-state index is -0.209. The molecule has 0 aliphatic rings. The van der Waals surface area contributed by atoms with Crippen LogP contribution < -0.4 is 5.32 Å². The molecule has 1 atom stereocenters. The standard InChI is InChI=1S/C15H20ClN3O/c1-12(7-6-10-18(2)3)19(4)15(20)17-14-9-5-8-13(16)11-14/h5,8-9,11-12H,10H2,1-4H3,(H,17,20). The Kier molecular flexibility index (Phi) is 6.37. The third-order valence-corrected chi connectivity index (χ3v) is 2.92. The largest absolute Gasteiger partial charge is 0.322 e. The van der Waals surface area contributed by atoms with E-state index in [9.17, 15) is 4.79 Å². The highest BCUT2D eigenvalue weighted by atomic mass is 35.5. The maximum atomic E-state index is 12.1. The monoisotopic (exact) mass is 293 g/mol. The fourth-order valence-electron chi connectivity index (χ4n) is 1.40. The van der Waals surface area contributed by atoms with Crippen LogP contribution in [0.25, 0.3) is 0 Å². The normalized spacial score (nSPS) is 11.5. The first-order valence-corrected chi connectivity index (χ1v) is 6.70. The summed E-state index contributed by atoms with van der Waals surface area (Å²) in [6.45, 7) is 2.56. The summed E-state index contributed by atoms with van der Waals surface area (Å²) in [7, 11) is 5.62. The van der Waals surface area contributed by atoms with E-state index in [1.165, 1.54) is 0 Å². The van der Waals surface area contributed by atoms with Gasteiger partial charge in [0.15, 0.2) is 0 Å². The number of amides is 2. The molecule has 0 aliphatic carbocycles. The highest BCUT2D eigenvalue weighted by Gasteiger charge is 2.13. The first-order valence-electron chi connectivity index (χ1n) is 6.32. The Morgan fingerprint density at radius 3 is 2.70 bits per heavy atom. The lowest BCUT2D eigenvalue weighted by molar-refractivity contribution is 0.217. The van der Waals surface area contributed by atoms with Gasteiger partial charge in [-0.2, -0.15) is 0 Å². The fraction of sp³-hybridized carbons (Fsp3) is 0.400. The number of halogens is 1. The van der Waals surface area contributed by atoms with E-state index in [1.807, 2.05) is 25.9 Å². The molecule has 20 heavy (non-hydrogen) atoms. The Bertz CT molecular complexity index is 519. The minimum absolute atomic E-state index is 0.158. The van der Waals surface area contributed by atoms with Crippen LogP contribution in [-0.2, 0) is 0 Å². The Hall–Kier alpha value is -1.70. The van der Waals surface area contributed by atoms with Gasteiger partial charge in [0, 0.05) is 17.8 Å². The second-order valence-electron chi connectivity index (χ2n) is 4.79. The number of nitrogens with one attached hydrogen (secondary N) is 1. The highest BCUT2D eigenvalue weighted by molar-refractivity contribution is 6.30. The summed E-state index contributed by atoms with van der Waals surface area (Å²) < 4.78 is 0. The van der Waals surface area contributed by atoms with E-state index in [0.29, 0.717) is 17.3 Å². The van der Waals surface area contributed by atoms with Gasteiger partial charge in [0.2, 0.25) is 0 Å². The molecule has 1 rings (SSSR count). The maximum absolute atomic E-state index is 12.1. The number of anilines is 1. The van der Waals surface area contributed by atoms with Gasteiger partial charge in [-0.3, -0.25) is 4.90 Å². The van der Waals surface area contributed by atoms with Crippen molar-refractivity contribution < 1.29 is 4.79 Å². The highest BCUT2D eigenvalue weighted by Crippen LogP contribution is 2.15. The summed E-state index contributed by atoms with van der Waals surface area (Å²) in [5, 5.41) is 3.37. The van der Waals surface area contributed by atoms with Crippen LogP contribution in [0.15, 0.2) is 24.3 Å². The number of benzene rings is 1. The molecule has 0 heterocycles. The zero-order chi connectivity index (χ0) is 15.1. The molecule has 0 spiro atoms. The molecular weight excluding hydrogens is 274 g/mol. The molecular formula is C15H20ClN3O. The predicted molar refractivity (Wildman–Crippen MR) is 84.0 cm³/mol. The Morgan fingerprint density at radius 1 is 1.40 bits per heavy atom. The van der Waals surface area contributed by atoms with Crippen LogP contribution in [0.5, 0.6) is 0 Å². The summed E-state index contributed by atoms with van der Waals surface area (Å²) in [6, 6.07) is 6.68. The topological polar surface area (TPSA) is 35.6 Å². The van der Waals surface area contributed by atoms with Crippen molar-refractivity contribution in [3.05, 3.63) is 29.3 Å². The Morgan fingerprint density at radius 2 is 2.10 bits per heavy atom. The molecule has 0 saturated carbocycles. The van der Waals surface area contributed by atoms with Gasteiger partial charge in [-0.05, 0) is 39.2 Å². The minimum Gasteiger partial charge on any atom is -0.314 e. The molecule has 0 fully saturated rings. The van der Waals surface area contributed by atoms with Crippen LogP contribution in [0.2, 0.25) is 5.02 Å². The van der Waals surface area contributed by atoms with Crippen LogP contribution in [0.4, 0.5) is 10.5 Å². The van der Waals surface area contributed by atoms with E-state index in [-0.39, 0.29) is 12.1 Å². The molecule has 0 aromatic heterocycles. The van der Waals surface area contributed by atoms with E-state index in [4.69, 9.17) is 11.6 Å². The van der Waals surface area contributed by atoms with Crippen molar-refractivity contribution in [2.45, 2.75) is 13.0 Å². The van der Waals surface area contributed by atoms with E-state index in [0.717, 1.165) is 0 Å². The molecule has 1 N–H and O–H groups in total. The molecule has 0 saturated heterocycles. The van der Waals surface area contributed by atoms with E-state index in [1.54, 1.807) is 36.2 Å². The van der Waals surface area contributed by atoms with Gasteiger partial charge in [0.05, 0.1) is 12.6 Å². The smallest absolute Gasteiger partial charge is 0.314 e. The first kappa shape index (κ1) is 16.4. The van der Waals surface area contributed by atoms with Crippen molar-refractivity contribution in [3.63, 3.8) is 0 Å². The van der Waals surface area contributed by atoms with Crippen LogP contribution in [-0.4, -0.2) is 49.6 Å². The molecule has 0 bridgehead atoms. The summed E-state index contributed by atoms with van der Waals surface area (Å²) in [6.07, 6.45) is 0. The summed E-state index contributed by atoms with van der Waals surface area (Å²) in [4.78, 5) is 15.6. The Balaban J connectivity index is 2.59. The number of hydrogen-bond acceptors (Lipinski definition) is 2. The summed E-state index contributed by atoms with van der Waals surface area (Å²) in [5.41, 5.74) is 0.669. The summed E-state index contributed by atoms with van der Waals surface area (Å²) in [5.74, 6) is 6.07. The number of carbonyl (C=O) groups is 1. The van der Waals surface area contributed by atoms with Crippen molar-refractivity contribution in [2.24, 2.45) is 0 Å². The number of rotatable bonds is 3. The lowest BCUT2D eigenvalue weighted by atomic mass is 10.3. The number of nitrogens with zero attached hydrogens (tertiary/aromatic N) is 2. The number of urea groups is 1. The van der Waals surface area contributed by atoms with Gasteiger partial charge < -0.3 is 10.2 Å². The van der Waals surface area contributed by atoms with Gasteiger partial charge in [0.1, 0.15) is 0 Å². The lowest BCUT2D eigenvalue weighted by Gasteiger charge is -2.21. The van der Waals surface area contributed by atoms with Crippen molar-refractivity contribution in [2.75, 3.05) is 33.0 Å². The average Bonchev–Trinajstić information content (AvgIpc) is 2.37. The van der Waals surface area contributed by atoms with E-state index in [2.05, 4.69) is 17.2 Å². The molecule has 1 aromatic carbocycles. The molecule has 4 nitrogen and oxygen atoms in total. The molecule has 2 amide bonds. The van der Waals surface area contributed by atoms with E-state index >= 15 is 0 Å². The van der Waals surface area contributed by atoms with E-state index < -0.39 is 0 Å². The van der Waals surface area contributed by atoms with Crippen LogP contribution in [0, 0.1) is 11.8 Å². The molecule has 1 aromatic rings. The summed E-state index contributed by atoms with van der Waals surface area (Å²) >= 11 is 5.88. The van der Waals surface area contributed by atoms with Crippen molar-refractivity contribution in [1.29, 1.82) is 0 Å². The quantitative estimate of drug-likeness (QED) is 0.870. The molecule has 0 aliphatic heterocycles. The van der Waals surface area contributed by atoms with Crippen LogP contribution >= 0.6 is 11.6 Å². The zero-order valence-electron chi connectivity index (χ0n) is 12.3. The third-order valence-electron chi connectivity index (χ3n) is 2.68. The van der Waals surface area contributed by atoms with Crippen LogP contribution in [0.3, 0.4) is 0 Å². The molecule has 0 radical (unpaired) electrons. The van der Waals surface area contributed by atoms with Gasteiger partial charge >= 0.3 is 6.03 Å². The zero-order valence-corrected chi connectivity index (χ0v) is 13.0. The van der Waals surface area contributed by atoms with Crippen LogP contribution in [0.1, 0.15) is 6.92 Å². The SMILES string of the molecule is CC(C#CCN(C)C)N(C)C(=O)Nc1cccc(Cl)c1. The first-order chi connectivity index (χ1) is 9.40. The number of hydrogen-bond donors (Lipinski definition) is 1. The van der Waals surface area contributed by atoms with Crippen molar-refractivity contribution in [1.82, 2.24) is 9.80 Å². The second-order valence-corrected chi connectivity index (χ2v) is 5.22. The van der Waals surface area contributed by atoms with Gasteiger partial charge in [-0.15, -0.1) is 0 Å². The van der Waals surface area contributed by atoms with Crippen molar-refractivity contribution in [3.8, 4) is 11.8 Å².